The number of nitrogens with one attached hydrogen (secondary N) is 1. The number of anilines is 1. The Labute approximate surface area is 150 Å². The van der Waals surface area contributed by atoms with Gasteiger partial charge < -0.3 is 14.8 Å². The second-order valence-electron chi connectivity index (χ2n) is 6.64. The van der Waals surface area contributed by atoms with Crippen LogP contribution in [0, 0.1) is 19.8 Å². The summed E-state index contributed by atoms with van der Waals surface area (Å²) >= 11 is 0. The normalized spacial score (nSPS) is 10.6. The maximum Gasteiger partial charge on any atom is 0.262 e. The fourth-order valence-corrected chi connectivity index (χ4v) is 2.23. The zero-order valence-corrected chi connectivity index (χ0v) is 15.5. The van der Waals surface area contributed by atoms with Gasteiger partial charge in [0, 0.05) is 11.8 Å². The summed E-state index contributed by atoms with van der Waals surface area (Å²) in [5.41, 5.74) is 3.12. The van der Waals surface area contributed by atoms with E-state index in [4.69, 9.17) is 9.47 Å². The summed E-state index contributed by atoms with van der Waals surface area (Å²) in [4.78, 5) is 12.0. The van der Waals surface area contributed by atoms with Crippen LogP contribution in [0.1, 0.15) is 31.4 Å². The number of aryl methyl sites for hydroxylation is 2. The lowest BCUT2D eigenvalue weighted by atomic mass is 10.1. The Morgan fingerprint density at radius 2 is 1.72 bits per heavy atom. The number of rotatable bonds is 8. The van der Waals surface area contributed by atoms with E-state index in [1.54, 1.807) is 0 Å². The molecule has 25 heavy (non-hydrogen) atoms. The van der Waals surface area contributed by atoms with Crippen LogP contribution < -0.4 is 14.8 Å². The second-order valence-corrected chi connectivity index (χ2v) is 6.64. The average Bonchev–Trinajstić information content (AvgIpc) is 2.56. The molecule has 0 fully saturated rings. The van der Waals surface area contributed by atoms with Crippen molar-refractivity contribution in [1.82, 2.24) is 0 Å². The van der Waals surface area contributed by atoms with E-state index in [0.29, 0.717) is 18.3 Å². The van der Waals surface area contributed by atoms with E-state index in [0.717, 1.165) is 23.4 Å². The molecule has 134 valence electrons. The highest BCUT2D eigenvalue weighted by Crippen LogP contribution is 2.20. The maximum absolute atomic E-state index is 12.0. The Kier molecular flexibility index (Phi) is 6.87. The van der Waals surface area contributed by atoms with E-state index in [2.05, 4.69) is 19.2 Å². The molecule has 0 heterocycles. The molecule has 0 aliphatic heterocycles. The second kappa shape index (κ2) is 9.11. The van der Waals surface area contributed by atoms with Crippen LogP contribution in [0.5, 0.6) is 11.5 Å². The fraction of sp³-hybridized carbons (Fsp3) is 0.381. The van der Waals surface area contributed by atoms with Gasteiger partial charge in [0.1, 0.15) is 11.5 Å². The van der Waals surface area contributed by atoms with Gasteiger partial charge in [0.05, 0.1) is 6.61 Å². The Morgan fingerprint density at radius 1 is 1.00 bits per heavy atom. The number of carbonyl (C=O) groups is 1. The van der Waals surface area contributed by atoms with Crippen molar-refractivity contribution in [3.05, 3.63) is 53.6 Å². The molecule has 4 heteroatoms. The highest BCUT2D eigenvalue weighted by molar-refractivity contribution is 5.92. The van der Waals surface area contributed by atoms with Crippen LogP contribution >= 0.6 is 0 Å². The molecule has 0 atom stereocenters. The van der Waals surface area contributed by atoms with Gasteiger partial charge in [-0.15, -0.1) is 0 Å². The van der Waals surface area contributed by atoms with Gasteiger partial charge >= 0.3 is 0 Å². The lowest BCUT2D eigenvalue weighted by Gasteiger charge is -2.11. The van der Waals surface area contributed by atoms with Crippen LogP contribution in [-0.2, 0) is 4.79 Å². The molecule has 2 aromatic rings. The van der Waals surface area contributed by atoms with E-state index >= 15 is 0 Å². The van der Waals surface area contributed by atoms with Gasteiger partial charge in [0.2, 0.25) is 0 Å². The average molecular weight is 341 g/mol. The number of hydrogen-bond acceptors (Lipinski definition) is 3. The summed E-state index contributed by atoms with van der Waals surface area (Å²) in [6.45, 7) is 9.03. The van der Waals surface area contributed by atoms with Gasteiger partial charge in [-0.3, -0.25) is 4.79 Å². The molecule has 0 radical (unpaired) electrons. The third kappa shape index (κ3) is 6.49. The van der Waals surface area contributed by atoms with Crippen LogP contribution in [0.25, 0.3) is 0 Å². The van der Waals surface area contributed by atoms with Gasteiger partial charge in [0.15, 0.2) is 6.61 Å². The van der Waals surface area contributed by atoms with Gasteiger partial charge in [0.25, 0.3) is 5.91 Å². The number of ether oxygens (including phenoxy) is 2. The van der Waals surface area contributed by atoms with Crippen LogP contribution in [0.2, 0.25) is 0 Å². The molecule has 0 unspecified atom stereocenters. The quantitative estimate of drug-likeness (QED) is 0.754. The highest BCUT2D eigenvalue weighted by atomic mass is 16.5. The molecule has 4 nitrogen and oxygen atoms in total. The smallest absolute Gasteiger partial charge is 0.262 e. The predicted molar refractivity (Wildman–Crippen MR) is 101 cm³/mol. The van der Waals surface area contributed by atoms with E-state index in [1.165, 1.54) is 5.56 Å². The molecule has 1 amide bonds. The molecule has 0 aliphatic carbocycles. The topological polar surface area (TPSA) is 47.6 Å². The van der Waals surface area contributed by atoms with Crippen molar-refractivity contribution in [2.45, 2.75) is 34.1 Å². The van der Waals surface area contributed by atoms with E-state index in [-0.39, 0.29) is 12.5 Å². The van der Waals surface area contributed by atoms with Crippen molar-refractivity contribution in [3.8, 4) is 11.5 Å². The molecule has 0 aromatic heterocycles. The van der Waals surface area contributed by atoms with E-state index in [1.807, 2.05) is 56.3 Å². The van der Waals surface area contributed by atoms with E-state index in [9.17, 15) is 4.79 Å². The first-order chi connectivity index (χ1) is 11.9. The Bertz CT molecular complexity index is 710. The molecule has 0 saturated heterocycles. The summed E-state index contributed by atoms with van der Waals surface area (Å²) in [5.74, 6) is 1.80. The number of amides is 1. The SMILES string of the molecule is Cc1ccc(NC(=O)COc2cccc(OCCC(C)C)c2)cc1C. The van der Waals surface area contributed by atoms with Crippen LogP contribution in [0.15, 0.2) is 42.5 Å². The van der Waals surface area contributed by atoms with Crippen molar-refractivity contribution in [1.29, 1.82) is 0 Å². The first-order valence-electron chi connectivity index (χ1n) is 8.67. The lowest BCUT2D eigenvalue weighted by molar-refractivity contribution is -0.118. The van der Waals surface area contributed by atoms with Crippen molar-refractivity contribution in [2.24, 2.45) is 5.92 Å². The summed E-state index contributed by atoms with van der Waals surface area (Å²) in [6.07, 6.45) is 1.00. The number of benzene rings is 2. The van der Waals surface area contributed by atoms with Gasteiger partial charge in [-0.2, -0.15) is 0 Å². The first-order valence-corrected chi connectivity index (χ1v) is 8.67. The zero-order valence-electron chi connectivity index (χ0n) is 15.5. The fourth-order valence-electron chi connectivity index (χ4n) is 2.23. The molecule has 1 N–H and O–H groups in total. The summed E-state index contributed by atoms with van der Waals surface area (Å²) < 4.78 is 11.3. The van der Waals surface area contributed by atoms with Gasteiger partial charge in [-0.1, -0.05) is 26.0 Å². The van der Waals surface area contributed by atoms with Crippen molar-refractivity contribution in [2.75, 3.05) is 18.5 Å². The molecular weight excluding hydrogens is 314 g/mol. The third-order valence-electron chi connectivity index (χ3n) is 3.93. The predicted octanol–water partition coefficient (Wildman–Crippen LogP) is 4.75. The molecule has 2 rings (SSSR count). The molecule has 2 aromatic carbocycles. The lowest BCUT2D eigenvalue weighted by Crippen LogP contribution is -2.20. The number of carbonyl (C=O) groups excluding carboxylic acids is 1. The summed E-state index contributed by atoms with van der Waals surface area (Å²) in [5, 5.41) is 2.85. The van der Waals surface area contributed by atoms with Crippen LogP contribution in [0.3, 0.4) is 0 Å². The minimum Gasteiger partial charge on any atom is -0.493 e. The van der Waals surface area contributed by atoms with Crippen molar-refractivity contribution < 1.29 is 14.3 Å². The maximum atomic E-state index is 12.0. The third-order valence-corrected chi connectivity index (χ3v) is 3.93. The largest absolute Gasteiger partial charge is 0.493 e. The molecule has 0 spiro atoms. The monoisotopic (exact) mass is 341 g/mol. The Morgan fingerprint density at radius 3 is 2.40 bits per heavy atom. The Balaban J connectivity index is 1.83. The van der Waals surface area contributed by atoms with Crippen LogP contribution in [-0.4, -0.2) is 19.1 Å². The zero-order chi connectivity index (χ0) is 18.2. The first kappa shape index (κ1) is 18.8. The molecular formula is C21H27NO3. The standard InChI is InChI=1S/C21H27NO3/c1-15(2)10-11-24-19-6-5-7-20(13-19)25-14-21(23)22-18-9-8-16(3)17(4)12-18/h5-9,12-13,15H,10-11,14H2,1-4H3,(H,22,23). The molecule has 0 saturated carbocycles. The van der Waals surface area contributed by atoms with E-state index < -0.39 is 0 Å². The molecule has 0 aliphatic rings. The van der Waals surface area contributed by atoms with Crippen LogP contribution in [0.4, 0.5) is 5.69 Å². The van der Waals surface area contributed by atoms with Crippen molar-refractivity contribution >= 4 is 11.6 Å². The summed E-state index contributed by atoms with van der Waals surface area (Å²) in [6, 6.07) is 13.2. The molecule has 0 bridgehead atoms. The Hall–Kier alpha value is -2.49. The van der Waals surface area contributed by atoms with Gasteiger partial charge in [-0.05, 0) is 61.6 Å². The minimum absolute atomic E-state index is 0.0393. The highest BCUT2D eigenvalue weighted by Gasteiger charge is 2.06. The van der Waals surface area contributed by atoms with Crippen molar-refractivity contribution in [3.63, 3.8) is 0 Å². The number of hydrogen-bond donors (Lipinski definition) is 1. The van der Waals surface area contributed by atoms with Gasteiger partial charge in [-0.25, -0.2) is 0 Å². The minimum atomic E-state index is -0.186. The summed E-state index contributed by atoms with van der Waals surface area (Å²) in [7, 11) is 0.